The van der Waals surface area contributed by atoms with Crippen molar-refractivity contribution < 1.29 is 14.3 Å². The maximum atomic E-state index is 12.4. The quantitative estimate of drug-likeness (QED) is 0.761. The van der Waals surface area contributed by atoms with Gasteiger partial charge in [-0.1, -0.05) is 30.3 Å². The minimum absolute atomic E-state index is 0.234. The van der Waals surface area contributed by atoms with Gasteiger partial charge in [0.2, 0.25) is 0 Å². The maximum Gasteiger partial charge on any atom is 0.265 e. The Hall–Kier alpha value is -2.64. The molecule has 1 atom stereocenters. The molecule has 0 radical (unpaired) electrons. The fraction of sp³-hybridized carbons (Fsp3) is 0.294. The van der Waals surface area contributed by atoms with Gasteiger partial charge in [0.25, 0.3) is 11.8 Å². The molecule has 0 unspecified atom stereocenters. The molecule has 1 saturated heterocycles. The Morgan fingerprint density at radius 1 is 1.33 bits per heavy atom. The van der Waals surface area contributed by atoms with Crippen LogP contribution < -0.4 is 11.1 Å². The molecule has 0 bridgehead atoms. The lowest BCUT2D eigenvalue weighted by Gasteiger charge is -2.32. The predicted octanol–water partition coefficient (Wildman–Crippen LogP) is 0.953. The lowest BCUT2D eigenvalue weighted by Crippen LogP contribution is -2.47. The highest BCUT2D eigenvalue weighted by atomic mass is 16.5. The summed E-state index contributed by atoms with van der Waals surface area (Å²) in [5.74, 6) is -0.804. The van der Waals surface area contributed by atoms with Crippen LogP contribution >= 0.6 is 0 Å². The molecule has 4 N–H and O–H groups in total. The topological polar surface area (TPSA) is 100 Å². The first-order chi connectivity index (χ1) is 11.6. The number of nitrogens with zero attached hydrogens (tertiary/aromatic N) is 1. The number of anilines is 1. The number of nitrogens with two attached hydrogens (primary N) is 1. The summed E-state index contributed by atoms with van der Waals surface area (Å²) in [5, 5.41) is 2.74. The first-order valence-electron chi connectivity index (χ1n) is 7.79. The van der Waals surface area contributed by atoms with Crippen molar-refractivity contribution in [3.05, 3.63) is 53.9 Å². The third-order valence-electron chi connectivity index (χ3n) is 3.91. The first-order valence-corrected chi connectivity index (χ1v) is 7.79. The number of primary amides is 1. The van der Waals surface area contributed by atoms with Crippen LogP contribution in [0.2, 0.25) is 0 Å². The third kappa shape index (κ3) is 4.01. The van der Waals surface area contributed by atoms with Gasteiger partial charge < -0.3 is 20.8 Å². The molecule has 0 spiro atoms. The molecule has 1 aromatic heterocycles. The molecule has 7 nitrogen and oxygen atoms in total. The SMILES string of the molecule is NC(=O)c1cc(NC(=O)[C@@H]2CN(Cc3ccccc3)CCO2)c[nH]1. The Morgan fingerprint density at radius 2 is 2.12 bits per heavy atom. The van der Waals surface area contributed by atoms with Crippen molar-refractivity contribution in [2.45, 2.75) is 12.6 Å². The molecule has 1 aliphatic rings. The van der Waals surface area contributed by atoms with Crippen LogP contribution in [0.25, 0.3) is 0 Å². The van der Waals surface area contributed by atoms with Crippen LogP contribution in [0.15, 0.2) is 42.6 Å². The number of H-pyrrole nitrogens is 1. The number of amides is 2. The van der Waals surface area contributed by atoms with E-state index in [-0.39, 0.29) is 11.6 Å². The van der Waals surface area contributed by atoms with Gasteiger partial charge in [0, 0.05) is 25.8 Å². The number of nitrogens with one attached hydrogen (secondary N) is 2. The lowest BCUT2D eigenvalue weighted by molar-refractivity contribution is -0.133. The van der Waals surface area contributed by atoms with Crippen molar-refractivity contribution in [3.63, 3.8) is 0 Å². The molecule has 3 rings (SSSR count). The van der Waals surface area contributed by atoms with E-state index in [1.807, 2.05) is 18.2 Å². The van der Waals surface area contributed by atoms with E-state index in [2.05, 4.69) is 27.3 Å². The Bertz CT molecular complexity index is 714. The Kier molecular flexibility index (Phi) is 4.93. The van der Waals surface area contributed by atoms with Gasteiger partial charge in [-0.15, -0.1) is 0 Å². The molecule has 126 valence electrons. The zero-order valence-corrected chi connectivity index (χ0v) is 13.2. The maximum absolute atomic E-state index is 12.4. The molecule has 1 aromatic carbocycles. The zero-order chi connectivity index (χ0) is 16.9. The van der Waals surface area contributed by atoms with E-state index < -0.39 is 12.0 Å². The fourth-order valence-electron chi connectivity index (χ4n) is 2.68. The second-order valence-corrected chi connectivity index (χ2v) is 5.74. The number of aromatic nitrogens is 1. The summed E-state index contributed by atoms with van der Waals surface area (Å²) < 4.78 is 5.58. The molecule has 24 heavy (non-hydrogen) atoms. The van der Waals surface area contributed by atoms with E-state index in [4.69, 9.17) is 10.5 Å². The van der Waals surface area contributed by atoms with Crippen molar-refractivity contribution in [1.29, 1.82) is 0 Å². The summed E-state index contributed by atoms with van der Waals surface area (Å²) in [6.45, 7) is 2.59. The van der Waals surface area contributed by atoms with Crippen LogP contribution in [0.4, 0.5) is 5.69 Å². The minimum atomic E-state index is -0.571. The van der Waals surface area contributed by atoms with Gasteiger partial charge in [0.1, 0.15) is 11.8 Å². The number of carbonyl (C=O) groups is 2. The lowest BCUT2D eigenvalue weighted by atomic mass is 10.2. The summed E-state index contributed by atoms with van der Waals surface area (Å²) >= 11 is 0. The molecule has 1 fully saturated rings. The number of morpholine rings is 1. The summed E-state index contributed by atoms with van der Waals surface area (Å²) in [4.78, 5) is 28.3. The van der Waals surface area contributed by atoms with Crippen molar-refractivity contribution in [2.24, 2.45) is 5.73 Å². The Labute approximate surface area is 139 Å². The molecular formula is C17H20N4O3. The number of hydrogen-bond acceptors (Lipinski definition) is 4. The average Bonchev–Trinajstić information content (AvgIpc) is 3.05. The zero-order valence-electron chi connectivity index (χ0n) is 13.2. The summed E-state index contributed by atoms with van der Waals surface area (Å²) in [6.07, 6.45) is 0.983. The van der Waals surface area contributed by atoms with Crippen LogP contribution in [0.1, 0.15) is 16.1 Å². The predicted molar refractivity (Wildman–Crippen MR) is 89.4 cm³/mol. The smallest absolute Gasteiger partial charge is 0.265 e. The Morgan fingerprint density at radius 3 is 2.83 bits per heavy atom. The molecule has 7 heteroatoms. The second kappa shape index (κ2) is 7.29. The van der Waals surface area contributed by atoms with Crippen LogP contribution in [0, 0.1) is 0 Å². The van der Waals surface area contributed by atoms with Crippen molar-refractivity contribution in [2.75, 3.05) is 25.0 Å². The van der Waals surface area contributed by atoms with E-state index in [1.54, 1.807) is 0 Å². The average molecular weight is 328 g/mol. The number of rotatable bonds is 5. The summed E-state index contributed by atoms with van der Waals surface area (Å²) in [5.41, 5.74) is 7.13. The molecule has 2 amide bonds. The molecule has 1 aliphatic heterocycles. The van der Waals surface area contributed by atoms with Crippen molar-refractivity contribution in [1.82, 2.24) is 9.88 Å². The van der Waals surface area contributed by atoms with Crippen LogP contribution in [-0.2, 0) is 16.1 Å². The van der Waals surface area contributed by atoms with Gasteiger partial charge in [-0.25, -0.2) is 0 Å². The van der Waals surface area contributed by atoms with E-state index in [0.717, 1.165) is 13.1 Å². The summed E-state index contributed by atoms with van der Waals surface area (Å²) in [7, 11) is 0. The first kappa shape index (κ1) is 16.2. The van der Waals surface area contributed by atoms with E-state index in [9.17, 15) is 9.59 Å². The Balaban J connectivity index is 1.57. The number of aromatic amines is 1. The van der Waals surface area contributed by atoms with Gasteiger partial charge in [-0.2, -0.15) is 0 Å². The molecule has 0 saturated carbocycles. The molecule has 2 aromatic rings. The minimum Gasteiger partial charge on any atom is -0.366 e. The fourth-order valence-corrected chi connectivity index (χ4v) is 2.68. The second-order valence-electron chi connectivity index (χ2n) is 5.74. The van der Waals surface area contributed by atoms with E-state index in [1.165, 1.54) is 17.8 Å². The highest BCUT2D eigenvalue weighted by Gasteiger charge is 2.27. The highest BCUT2D eigenvalue weighted by molar-refractivity contribution is 5.97. The summed E-state index contributed by atoms with van der Waals surface area (Å²) in [6, 6.07) is 11.6. The largest absolute Gasteiger partial charge is 0.366 e. The number of benzene rings is 1. The molecule has 0 aliphatic carbocycles. The van der Waals surface area contributed by atoms with Crippen LogP contribution in [0.5, 0.6) is 0 Å². The number of hydrogen-bond donors (Lipinski definition) is 3. The van der Waals surface area contributed by atoms with E-state index in [0.29, 0.717) is 18.8 Å². The van der Waals surface area contributed by atoms with Crippen molar-refractivity contribution >= 4 is 17.5 Å². The van der Waals surface area contributed by atoms with Crippen molar-refractivity contribution in [3.8, 4) is 0 Å². The highest BCUT2D eigenvalue weighted by Crippen LogP contribution is 2.14. The van der Waals surface area contributed by atoms with Gasteiger partial charge in [0.15, 0.2) is 0 Å². The molecular weight excluding hydrogens is 308 g/mol. The molecule has 2 heterocycles. The van der Waals surface area contributed by atoms with Gasteiger partial charge in [0.05, 0.1) is 12.3 Å². The number of carbonyl (C=O) groups excluding carboxylic acids is 2. The van der Waals surface area contributed by atoms with E-state index >= 15 is 0 Å². The third-order valence-corrected chi connectivity index (χ3v) is 3.91. The van der Waals surface area contributed by atoms with Gasteiger partial charge >= 0.3 is 0 Å². The van der Waals surface area contributed by atoms with Gasteiger partial charge in [-0.05, 0) is 11.6 Å². The van der Waals surface area contributed by atoms with Gasteiger partial charge in [-0.3, -0.25) is 14.5 Å². The monoisotopic (exact) mass is 328 g/mol. The normalized spacial score (nSPS) is 18.2. The standard InChI is InChI=1S/C17H20N4O3/c18-16(22)14-8-13(9-19-14)20-17(23)15-11-21(6-7-24-15)10-12-4-2-1-3-5-12/h1-5,8-9,15,19H,6-7,10-11H2,(H2,18,22)(H,20,23)/t15-/m0/s1. The van der Waals surface area contributed by atoms with Crippen LogP contribution in [0.3, 0.4) is 0 Å². The number of ether oxygens (including phenoxy) is 1. The van der Waals surface area contributed by atoms with Crippen LogP contribution in [-0.4, -0.2) is 47.5 Å².